The van der Waals surface area contributed by atoms with Crippen LogP contribution in [0.15, 0.2) is 41.1 Å². The van der Waals surface area contributed by atoms with Crippen molar-refractivity contribution in [3.05, 3.63) is 36.7 Å². The van der Waals surface area contributed by atoms with Crippen LogP contribution >= 0.6 is 0 Å². The van der Waals surface area contributed by atoms with Crippen molar-refractivity contribution in [2.24, 2.45) is 5.92 Å². The molecule has 0 aliphatic carbocycles. The minimum atomic E-state index is 0.613. The van der Waals surface area contributed by atoms with Gasteiger partial charge in [0.25, 0.3) is 0 Å². The number of likely N-dealkylation sites (tertiary alicyclic amines) is 1. The van der Waals surface area contributed by atoms with Gasteiger partial charge in [0.1, 0.15) is 5.52 Å². The molecule has 4 heterocycles. The Hall–Kier alpha value is -2.14. The Morgan fingerprint density at radius 2 is 2.22 bits per heavy atom. The van der Waals surface area contributed by atoms with Gasteiger partial charge in [0.2, 0.25) is 0 Å². The summed E-state index contributed by atoms with van der Waals surface area (Å²) in [6, 6.07) is 8.43. The molecular weight excluding hydrogens is 288 g/mol. The Morgan fingerprint density at radius 3 is 2.96 bits per heavy atom. The molecule has 0 spiro atoms. The van der Waals surface area contributed by atoms with E-state index in [-0.39, 0.29) is 0 Å². The number of fused-ring (bicyclic) bond motifs is 1. The maximum atomic E-state index is 5.59. The van der Waals surface area contributed by atoms with Gasteiger partial charge in [-0.1, -0.05) is 0 Å². The second kappa shape index (κ2) is 5.81. The van der Waals surface area contributed by atoms with E-state index in [1.165, 1.54) is 13.0 Å². The molecule has 120 valence electrons. The monoisotopic (exact) mass is 310 g/mol. The molecule has 0 aromatic carbocycles. The number of hydrogen-bond acceptors (Lipinski definition) is 4. The van der Waals surface area contributed by atoms with Gasteiger partial charge in [0.15, 0.2) is 17.2 Å². The van der Waals surface area contributed by atoms with Crippen molar-refractivity contribution >= 4 is 11.2 Å². The average molecular weight is 310 g/mol. The fourth-order valence-corrected chi connectivity index (χ4v) is 3.46. The first-order valence-electron chi connectivity index (χ1n) is 8.31. The molecule has 1 unspecified atom stereocenters. The average Bonchev–Trinajstić information content (AvgIpc) is 3.27. The van der Waals surface area contributed by atoms with Crippen LogP contribution in [0.3, 0.4) is 0 Å². The van der Waals surface area contributed by atoms with Crippen molar-refractivity contribution in [3.8, 4) is 11.6 Å². The summed E-state index contributed by atoms with van der Waals surface area (Å²) in [6.07, 6.45) is 4.76. The summed E-state index contributed by atoms with van der Waals surface area (Å²) in [7, 11) is 0. The van der Waals surface area contributed by atoms with Crippen LogP contribution in [-0.4, -0.2) is 38.6 Å². The molecule has 0 N–H and O–H groups in total. The summed E-state index contributed by atoms with van der Waals surface area (Å²) in [4.78, 5) is 11.8. The predicted octanol–water partition coefficient (Wildman–Crippen LogP) is 3.42. The van der Waals surface area contributed by atoms with Gasteiger partial charge < -0.3 is 13.9 Å². The van der Waals surface area contributed by atoms with Gasteiger partial charge in [-0.05, 0) is 57.0 Å². The van der Waals surface area contributed by atoms with E-state index in [9.17, 15) is 0 Å². The molecule has 4 rings (SSSR count). The second-order valence-electron chi connectivity index (χ2n) is 6.61. The molecule has 1 aliphatic heterocycles. The lowest BCUT2D eigenvalue weighted by Crippen LogP contribution is -2.28. The number of imidazole rings is 1. The van der Waals surface area contributed by atoms with Crippen molar-refractivity contribution in [1.29, 1.82) is 0 Å². The third kappa shape index (κ3) is 2.65. The highest BCUT2D eigenvalue weighted by atomic mass is 16.3. The van der Waals surface area contributed by atoms with Crippen LogP contribution in [0.2, 0.25) is 0 Å². The summed E-state index contributed by atoms with van der Waals surface area (Å²) >= 11 is 0. The van der Waals surface area contributed by atoms with E-state index in [2.05, 4.69) is 28.3 Å². The molecule has 1 saturated heterocycles. The third-order valence-corrected chi connectivity index (χ3v) is 4.73. The predicted molar refractivity (Wildman–Crippen MR) is 90.0 cm³/mol. The van der Waals surface area contributed by atoms with Crippen molar-refractivity contribution in [1.82, 2.24) is 19.4 Å². The normalized spacial score (nSPS) is 19.2. The number of nitrogens with zero attached hydrogens (tertiary/aromatic N) is 4. The Bertz CT molecular complexity index is 791. The van der Waals surface area contributed by atoms with Crippen molar-refractivity contribution in [3.63, 3.8) is 0 Å². The minimum Gasteiger partial charge on any atom is -0.461 e. The van der Waals surface area contributed by atoms with Gasteiger partial charge in [0, 0.05) is 25.3 Å². The number of furan rings is 1. The Balaban J connectivity index is 1.70. The first-order chi connectivity index (χ1) is 11.2. The minimum absolute atomic E-state index is 0.613. The van der Waals surface area contributed by atoms with Crippen molar-refractivity contribution in [2.45, 2.75) is 32.9 Å². The van der Waals surface area contributed by atoms with E-state index in [0.717, 1.165) is 35.8 Å². The molecule has 1 atom stereocenters. The van der Waals surface area contributed by atoms with Gasteiger partial charge in [-0.15, -0.1) is 0 Å². The molecular formula is C18H22N4O. The van der Waals surface area contributed by atoms with Gasteiger partial charge in [-0.2, -0.15) is 0 Å². The van der Waals surface area contributed by atoms with E-state index in [1.807, 2.05) is 30.5 Å². The van der Waals surface area contributed by atoms with Gasteiger partial charge in [0.05, 0.1) is 6.26 Å². The van der Waals surface area contributed by atoms with Gasteiger partial charge in [-0.3, -0.25) is 0 Å². The zero-order valence-corrected chi connectivity index (χ0v) is 13.6. The molecule has 1 aliphatic rings. The van der Waals surface area contributed by atoms with Crippen LogP contribution in [0, 0.1) is 5.92 Å². The lowest BCUT2D eigenvalue weighted by Gasteiger charge is -2.20. The molecule has 3 aromatic rings. The SMILES string of the molecule is CC(C)N1CCC(Cn2c(-c3ccco3)nc3cccnc32)C1. The summed E-state index contributed by atoms with van der Waals surface area (Å²) < 4.78 is 7.82. The van der Waals surface area contributed by atoms with Crippen LogP contribution in [0.1, 0.15) is 20.3 Å². The first kappa shape index (κ1) is 14.5. The maximum absolute atomic E-state index is 5.59. The van der Waals surface area contributed by atoms with E-state index in [1.54, 1.807) is 6.26 Å². The summed E-state index contributed by atoms with van der Waals surface area (Å²) in [5.74, 6) is 2.32. The van der Waals surface area contributed by atoms with Crippen LogP contribution in [-0.2, 0) is 6.54 Å². The Labute approximate surface area is 135 Å². The van der Waals surface area contributed by atoms with Gasteiger partial charge in [-0.25, -0.2) is 9.97 Å². The highest BCUT2D eigenvalue weighted by Crippen LogP contribution is 2.28. The zero-order valence-electron chi connectivity index (χ0n) is 13.6. The lowest BCUT2D eigenvalue weighted by atomic mass is 10.1. The standard InChI is InChI=1S/C18H22N4O/c1-13(2)21-9-7-14(11-21)12-22-17-15(5-3-8-19-17)20-18(22)16-6-4-10-23-16/h3-6,8,10,13-14H,7,9,11-12H2,1-2H3. The van der Waals surface area contributed by atoms with Crippen molar-refractivity contribution in [2.75, 3.05) is 13.1 Å². The molecule has 0 bridgehead atoms. The lowest BCUT2D eigenvalue weighted by molar-refractivity contribution is 0.261. The maximum Gasteiger partial charge on any atom is 0.178 e. The van der Waals surface area contributed by atoms with E-state index >= 15 is 0 Å². The van der Waals surface area contributed by atoms with Crippen molar-refractivity contribution < 1.29 is 4.42 Å². The quantitative estimate of drug-likeness (QED) is 0.741. The highest BCUT2D eigenvalue weighted by molar-refractivity contribution is 5.75. The van der Waals surface area contributed by atoms with Crippen LogP contribution in [0.25, 0.3) is 22.7 Å². The molecule has 1 fully saturated rings. The molecule has 5 nitrogen and oxygen atoms in total. The second-order valence-corrected chi connectivity index (χ2v) is 6.61. The zero-order chi connectivity index (χ0) is 15.8. The van der Waals surface area contributed by atoms with E-state index < -0.39 is 0 Å². The number of aromatic nitrogens is 3. The first-order valence-corrected chi connectivity index (χ1v) is 8.31. The molecule has 5 heteroatoms. The molecule has 0 radical (unpaired) electrons. The fraction of sp³-hybridized carbons (Fsp3) is 0.444. The number of rotatable bonds is 4. The van der Waals surface area contributed by atoms with Crippen LogP contribution in [0.5, 0.6) is 0 Å². The molecule has 0 amide bonds. The Kier molecular flexibility index (Phi) is 3.65. The fourth-order valence-electron chi connectivity index (χ4n) is 3.46. The van der Waals surface area contributed by atoms with Crippen LogP contribution in [0.4, 0.5) is 0 Å². The van der Waals surface area contributed by atoms with Crippen LogP contribution < -0.4 is 0 Å². The van der Waals surface area contributed by atoms with E-state index in [4.69, 9.17) is 9.40 Å². The Morgan fingerprint density at radius 1 is 1.30 bits per heavy atom. The van der Waals surface area contributed by atoms with E-state index in [0.29, 0.717) is 12.0 Å². The van der Waals surface area contributed by atoms with Gasteiger partial charge >= 0.3 is 0 Å². The molecule has 23 heavy (non-hydrogen) atoms. The molecule has 3 aromatic heterocycles. The highest BCUT2D eigenvalue weighted by Gasteiger charge is 2.26. The summed E-state index contributed by atoms with van der Waals surface area (Å²) in [5, 5.41) is 0. The molecule has 0 saturated carbocycles. The topological polar surface area (TPSA) is 47.1 Å². The number of pyridine rings is 1. The smallest absolute Gasteiger partial charge is 0.178 e. The largest absolute Gasteiger partial charge is 0.461 e. The third-order valence-electron chi connectivity index (χ3n) is 4.73. The number of hydrogen-bond donors (Lipinski definition) is 0. The summed E-state index contributed by atoms with van der Waals surface area (Å²) in [5.41, 5.74) is 1.87. The summed E-state index contributed by atoms with van der Waals surface area (Å²) in [6.45, 7) is 7.79.